The van der Waals surface area contributed by atoms with Crippen LogP contribution >= 0.6 is 0 Å². The molecule has 1 amide bonds. The Morgan fingerprint density at radius 1 is 1.11 bits per heavy atom. The Kier molecular flexibility index (Phi) is 4.48. The first-order chi connectivity index (χ1) is 12.7. The Bertz CT molecular complexity index is 820. The highest BCUT2D eigenvalue weighted by molar-refractivity contribution is 6.02. The highest BCUT2D eigenvalue weighted by Crippen LogP contribution is 2.74. The van der Waals surface area contributed by atoms with Crippen LogP contribution in [0.5, 0.6) is 0 Å². The van der Waals surface area contributed by atoms with Gasteiger partial charge in [-0.25, -0.2) is 4.79 Å². The fourth-order valence-corrected chi connectivity index (χ4v) is 4.29. The Hall–Kier alpha value is -2.86. The van der Waals surface area contributed by atoms with E-state index in [0.717, 1.165) is 0 Å². The molecule has 0 aromatic heterocycles. The van der Waals surface area contributed by atoms with Crippen LogP contribution in [0.15, 0.2) is 30.3 Å². The van der Waals surface area contributed by atoms with E-state index in [1.54, 1.807) is 29.2 Å². The summed E-state index contributed by atoms with van der Waals surface area (Å²) in [6, 6.07) is 13.0. The van der Waals surface area contributed by atoms with Crippen molar-refractivity contribution in [3.8, 4) is 12.1 Å². The van der Waals surface area contributed by atoms with Gasteiger partial charge in [0.1, 0.15) is 5.60 Å². The van der Waals surface area contributed by atoms with E-state index in [2.05, 4.69) is 12.1 Å². The second-order valence-corrected chi connectivity index (χ2v) is 8.32. The summed E-state index contributed by atoms with van der Waals surface area (Å²) in [5.74, 6) is -0.812. The highest BCUT2D eigenvalue weighted by atomic mass is 16.6. The summed E-state index contributed by atoms with van der Waals surface area (Å²) in [5.41, 5.74) is -2.08. The first kappa shape index (κ1) is 18.9. The van der Waals surface area contributed by atoms with Crippen LogP contribution in [0.25, 0.3) is 0 Å². The molecule has 0 radical (unpaired) electrons. The predicted molar refractivity (Wildman–Crippen MR) is 97.4 cm³/mol. The largest absolute Gasteiger partial charge is 0.444 e. The van der Waals surface area contributed by atoms with Crippen LogP contribution in [0.1, 0.15) is 44.0 Å². The third-order valence-electron chi connectivity index (χ3n) is 5.67. The van der Waals surface area contributed by atoms with Crippen molar-refractivity contribution in [2.45, 2.75) is 39.2 Å². The number of ether oxygens (including phenoxy) is 1. The molecule has 6 nitrogen and oxygen atoms in total. The molecule has 27 heavy (non-hydrogen) atoms. The smallest absolute Gasteiger partial charge is 0.410 e. The number of amides is 1. The maximum absolute atomic E-state index is 13.0. The lowest BCUT2D eigenvalue weighted by atomic mass is 9.84. The van der Waals surface area contributed by atoms with Crippen molar-refractivity contribution in [2.75, 3.05) is 13.1 Å². The van der Waals surface area contributed by atoms with E-state index < -0.39 is 28.4 Å². The molecule has 1 saturated heterocycles. The molecule has 140 valence electrons. The van der Waals surface area contributed by atoms with Gasteiger partial charge in [-0.2, -0.15) is 10.5 Å². The summed E-state index contributed by atoms with van der Waals surface area (Å²) in [4.78, 5) is 26.9. The number of ketones is 1. The van der Waals surface area contributed by atoms with Gasteiger partial charge < -0.3 is 9.64 Å². The number of nitriles is 2. The van der Waals surface area contributed by atoms with Crippen LogP contribution in [0.2, 0.25) is 0 Å². The molecule has 0 unspecified atom stereocenters. The molecule has 1 aromatic rings. The molecule has 1 aliphatic heterocycles. The van der Waals surface area contributed by atoms with E-state index >= 15 is 0 Å². The maximum atomic E-state index is 13.0. The third-order valence-corrected chi connectivity index (χ3v) is 5.67. The normalized spacial score (nSPS) is 22.4. The number of Topliss-reactive ketones (excluding diaryl/α,β-unsaturated/α-hetero) is 1. The number of piperidine rings is 1. The molecule has 2 aliphatic rings. The number of rotatable bonds is 2. The predicted octanol–water partition coefficient (Wildman–Crippen LogP) is 3.55. The van der Waals surface area contributed by atoms with Crippen molar-refractivity contribution in [3.05, 3.63) is 35.9 Å². The zero-order chi connectivity index (χ0) is 19.9. The highest BCUT2D eigenvalue weighted by Gasteiger charge is 2.80. The minimum absolute atomic E-state index is 0.163. The Morgan fingerprint density at radius 2 is 1.67 bits per heavy atom. The van der Waals surface area contributed by atoms with Crippen molar-refractivity contribution >= 4 is 11.9 Å². The second-order valence-electron chi connectivity index (χ2n) is 8.32. The van der Waals surface area contributed by atoms with Gasteiger partial charge in [0.05, 0.1) is 18.1 Å². The van der Waals surface area contributed by atoms with Gasteiger partial charge in [-0.3, -0.25) is 4.79 Å². The molecule has 1 heterocycles. The van der Waals surface area contributed by atoms with Crippen LogP contribution in [-0.4, -0.2) is 35.5 Å². The van der Waals surface area contributed by atoms with Crippen LogP contribution in [0, 0.1) is 39.4 Å². The van der Waals surface area contributed by atoms with Gasteiger partial charge in [0, 0.05) is 24.1 Å². The Morgan fingerprint density at radius 3 is 2.15 bits per heavy atom. The van der Waals surface area contributed by atoms with E-state index in [-0.39, 0.29) is 5.78 Å². The molecule has 1 atom stereocenters. The molecule has 0 N–H and O–H groups in total. The van der Waals surface area contributed by atoms with Crippen molar-refractivity contribution in [1.82, 2.24) is 4.90 Å². The second kappa shape index (κ2) is 6.39. The molecule has 3 rings (SSSR count). The van der Waals surface area contributed by atoms with Crippen LogP contribution in [0.4, 0.5) is 4.79 Å². The topological polar surface area (TPSA) is 94.2 Å². The first-order valence-corrected chi connectivity index (χ1v) is 9.10. The lowest BCUT2D eigenvalue weighted by Crippen LogP contribution is -2.43. The monoisotopic (exact) mass is 365 g/mol. The van der Waals surface area contributed by atoms with Gasteiger partial charge in [-0.1, -0.05) is 30.3 Å². The fourth-order valence-electron chi connectivity index (χ4n) is 4.29. The summed E-state index contributed by atoms with van der Waals surface area (Å²) < 4.78 is 5.40. The van der Waals surface area contributed by atoms with Gasteiger partial charge in [-0.05, 0) is 33.6 Å². The summed E-state index contributed by atoms with van der Waals surface area (Å²) in [7, 11) is 0. The van der Waals surface area contributed by atoms with Crippen LogP contribution in [-0.2, 0) is 4.74 Å². The maximum Gasteiger partial charge on any atom is 0.410 e. The zero-order valence-corrected chi connectivity index (χ0v) is 15.9. The molecule has 1 aliphatic carbocycles. The Labute approximate surface area is 159 Å². The van der Waals surface area contributed by atoms with Gasteiger partial charge >= 0.3 is 6.09 Å². The minimum Gasteiger partial charge on any atom is -0.444 e. The zero-order valence-electron chi connectivity index (χ0n) is 15.9. The third kappa shape index (κ3) is 2.96. The fraction of sp³-hybridized carbons (Fsp3) is 0.524. The van der Waals surface area contributed by atoms with E-state index in [4.69, 9.17) is 4.74 Å². The lowest BCUT2D eigenvalue weighted by molar-refractivity contribution is 0.0158. The average molecular weight is 365 g/mol. The number of hydrogen-bond donors (Lipinski definition) is 0. The number of likely N-dealkylation sites (tertiary alicyclic amines) is 1. The summed E-state index contributed by atoms with van der Waals surface area (Å²) in [5, 5.41) is 19.5. The van der Waals surface area contributed by atoms with Gasteiger partial charge in [-0.15, -0.1) is 0 Å². The molecule has 6 heteroatoms. The molecular formula is C21H23N3O3. The van der Waals surface area contributed by atoms with Crippen LogP contribution < -0.4 is 0 Å². The molecule has 2 fully saturated rings. The summed E-state index contributed by atoms with van der Waals surface area (Å²) >= 11 is 0. The van der Waals surface area contributed by atoms with E-state index in [9.17, 15) is 20.1 Å². The number of nitrogens with zero attached hydrogens (tertiary/aromatic N) is 3. The quantitative estimate of drug-likeness (QED) is 0.747. The van der Waals surface area contributed by atoms with Crippen LogP contribution in [0.3, 0.4) is 0 Å². The van der Waals surface area contributed by atoms with E-state index in [1.807, 2.05) is 26.8 Å². The van der Waals surface area contributed by atoms with Gasteiger partial charge in [0.2, 0.25) is 0 Å². The van der Waals surface area contributed by atoms with Gasteiger partial charge in [0.25, 0.3) is 0 Å². The molecule has 1 aromatic carbocycles. The lowest BCUT2D eigenvalue weighted by Gasteiger charge is -2.34. The summed E-state index contributed by atoms with van der Waals surface area (Å²) in [6.45, 7) is 6.17. The number of carbonyl (C=O) groups excluding carboxylic acids is 2. The van der Waals surface area contributed by atoms with Crippen molar-refractivity contribution in [3.63, 3.8) is 0 Å². The molecule has 1 spiro atoms. The first-order valence-electron chi connectivity index (χ1n) is 9.10. The number of benzene rings is 1. The average Bonchev–Trinajstić information content (AvgIpc) is 3.21. The molecule has 1 saturated carbocycles. The van der Waals surface area contributed by atoms with Crippen molar-refractivity contribution in [2.24, 2.45) is 16.7 Å². The van der Waals surface area contributed by atoms with Crippen molar-refractivity contribution < 1.29 is 14.3 Å². The molecular weight excluding hydrogens is 342 g/mol. The van der Waals surface area contributed by atoms with Gasteiger partial charge in [0.15, 0.2) is 11.2 Å². The Balaban J connectivity index is 1.80. The standard InChI is InChI=1S/C21H23N3O3/c1-19(2,3)27-18(26)24-11-9-20(10-12-24)17(21(20,13-22)14-23)16(25)15-7-5-4-6-8-15/h4-8,17H,9-12H2,1-3H3/t17-/m0/s1. The number of carbonyl (C=O) groups is 2. The summed E-state index contributed by atoms with van der Waals surface area (Å²) in [6.07, 6.45) is 0.483. The van der Waals surface area contributed by atoms with E-state index in [0.29, 0.717) is 31.5 Å². The SMILES string of the molecule is CC(C)(C)OC(=O)N1CCC2(CC1)[C@H](C(=O)c1ccccc1)C2(C#N)C#N. The van der Waals surface area contributed by atoms with Crippen molar-refractivity contribution in [1.29, 1.82) is 10.5 Å². The van der Waals surface area contributed by atoms with E-state index in [1.165, 1.54) is 0 Å². The number of hydrogen-bond acceptors (Lipinski definition) is 5. The minimum atomic E-state index is -1.32. The molecule has 0 bridgehead atoms.